The molecular formula is C40H54Cl2O2Zr. The second-order valence-electron chi connectivity index (χ2n) is 16.3. The van der Waals surface area contributed by atoms with Crippen molar-refractivity contribution in [1.29, 1.82) is 0 Å². The summed E-state index contributed by atoms with van der Waals surface area (Å²) in [6, 6.07) is 9.65. The van der Waals surface area contributed by atoms with Gasteiger partial charge in [0.1, 0.15) is 0 Å². The maximum atomic E-state index is 6.08. The normalized spacial score (nSPS) is 15.2. The molecule has 2 aromatic carbocycles. The van der Waals surface area contributed by atoms with Gasteiger partial charge in [-0.25, -0.2) is 0 Å². The minimum Gasteiger partial charge on any atom is -1.00 e. The van der Waals surface area contributed by atoms with E-state index < -0.39 is 23.2 Å². The molecule has 0 amide bonds. The third kappa shape index (κ3) is 8.50. The standard InChI is InChI=1S/2C20H27O.2ClH.Zr/c2*1-19(2,3)16-12-15(14-10-8-9-11-14)13-17(18(16)21-7)20(4,5)6;;;/h2*8,10,12-13H,9H2,1-7H3;2*1H;/q;;;;+2/p-2. The van der Waals surface area contributed by atoms with Gasteiger partial charge in [0.25, 0.3) is 0 Å². The van der Waals surface area contributed by atoms with Crippen LogP contribution in [0.15, 0.2) is 55.1 Å². The Morgan fingerprint density at radius 1 is 0.489 bits per heavy atom. The molecule has 2 nitrogen and oxygen atoms in total. The minimum atomic E-state index is -1.03. The molecule has 0 saturated carbocycles. The molecule has 0 heterocycles. The van der Waals surface area contributed by atoms with E-state index in [4.69, 9.17) is 9.47 Å². The second kappa shape index (κ2) is 14.3. The number of rotatable bonds is 6. The fraction of sp³-hybridized carbons (Fsp3) is 0.500. The summed E-state index contributed by atoms with van der Waals surface area (Å²) < 4.78 is 15.5. The third-order valence-corrected chi connectivity index (χ3v) is 12.4. The monoisotopic (exact) mass is 726 g/mol. The Labute approximate surface area is 298 Å². The smallest absolute Gasteiger partial charge is 1.00 e. The summed E-state index contributed by atoms with van der Waals surface area (Å²) in [4.78, 5) is 0. The molecule has 0 radical (unpaired) electrons. The van der Waals surface area contributed by atoms with Crippen LogP contribution in [0.1, 0.15) is 129 Å². The molecule has 244 valence electrons. The molecule has 0 aromatic heterocycles. The summed E-state index contributed by atoms with van der Waals surface area (Å²) in [6.07, 6.45) is 11.7. The van der Waals surface area contributed by atoms with Crippen LogP contribution in [-0.4, -0.2) is 14.2 Å². The quantitative estimate of drug-likeness (QED) is 0.416. The van der Waals surface area contributed by atoms with Crippen molar-refractivity contribution >= 4 is 11.1 Å². The Morgan fingerprint density at radius 3 is 0.978 bits per heavy atom. The molecular weight excluding hydrogens is 675 g/mol. The van der Waals surface area contributed by atoms with Gasteiger partial charge < -0.3 is 24.8 Å². The molecule has 2 aromatic rings. The van der Waals surface area contributed by atoms with Crippen molar-refractivity contribution in [2.45, 2.75) is 118 Å². The van der Waals surface area contributed by atoms with Crippen molar-refractivity contribution in [3.05, 3.63) is 88.5 Å². The van der Waals surface area contributed by atoms with E-state index in [0.717, 1.165) is 24.3 Å². The van der Waals surface area contributed by atoms with Crippen LogP contribution >= 0.6 is 0 Å². The Bertz CT molecular complexity index is 1340. The average molecular weight is 729 g/mol. The summed E-state index contributed by atoms with van der Waals surface area (Å²) in [7, 11) is 3.65. The summed E-state index contributed by atoms with van der Waals surface area (Å²) in [5, 5.41) is 0. The molecule has 0 aliphatic heterocycles. The number of hydrogen-bond acceptors (Lipinski definition) is 2. The second-order valence-corrected chi connectivity index (χ2v) is 19.9. The number of hydrogen-bond donors (Lipinski definition) is 0. The molecule has 2 aliphatic carbocycles. The zero-order valence-corrected chi connectivity index (χ0v) is 34.1. The van der Waals surface area contributed by atoms with Gasteiger partial charge >= 0.3 is 276 Å². The van der Waals surface area contributed by atoms with Crippen molar-refractivity contribution in [3.63, 3.8) is 0 Å². The molecule has 0 fully saturated rings. The van der Waals surface area contributed by atoms with Gasteiger partial charge in [0.05, 0.1) is 0 Å². The maximum absolute atomic E-state index is 6.08. The van der Waals surface area contributed by atoms with Crippen LogP contribution in [0.3, 0.4) is 0 Å². The van der Waals surface area contributed by atoms with Crippen LogP contribution in [0.2, 0.25) is 0 Å². The number of benzene rings is 2. The number of methoxy groups -OCH3 is 2. The number of ether oxygens (including phenoxy) is 2. The molecule has 0 unspecified atom stereocenters. The SMILES string of the molecule is COc1c(C(C)(C)C)cc(C2=[C]([Zr+2][C]3=C(c4cc(C(C)(C)C)c(OC)c(C(C)(C)C)c4)C=CC3)CC=C2)cc1C(C)(C)C.[Cl-].[Cl-]. The van der Waals surface area contributed by atoms with Gasteiger partial charge in [0.2, 0.25) is 0 Å². The Hall–Kier alpha value is -1.54. The Morgan fingerprint density at radius 2 is 0.756 bits per heavy atom. The first kappa shape index (κ1) is 39.6. The van der Waals surface area contributed by atoms with Gasteiger partial charge in [-0.05, 0) is 0 Å². The Balaban J connectivity index is 0.00000353. The zero-order chi connectivity index (χ0) is 32.1. The maximum Gasteiger partial charge on any atom is -1.00 e. The van der Waals surface area contributed by atoms with Gasteiger partial charge in [-0.15, -0.1) is 0 Å². The summed E-state index contributed by atoms with van der Waals surface area (Å²) in [5.41, 5.74) is 10.7. The van der Waals surface area contributed by atoms with Crippen LogP contribution in [-0.2, 0) is 44.9 Å². The van der Waals surface area contributed by atoms with Crippen molar-refractivity contribution in [2.75, 3.05) is 14.2 Å². The number of allylic oxidation sites excluding steroid dienone is 8. The van der Waals surface area contributed by atoms with Crippen molar-refractivity contribution in [2.24, 2.45) is 0 Å². The van der Waals surface area contributed by atoms with E-state index in [1.54, 1.807) is 6.56 Å². The first-order chi connectivity index (χ1) is 19.8. The van der Waals surface area contributed by atoms with Crippen molar-refractivity contribution < 1.29 is 57.5 Å². The first-order valence-corrected chi connectivity index (χ1v) is 18.3. The molecule has 0 N–H and O–H groups in total. The number of halogens is 2. The zero-order valence-electron chi connectivity index (χ0n) is 30.1. The van der Waals surface area contributed by atoms with Gasteiger partial charge in [-0.1, -0.05) is 0 Å². The molecule has 2 aliphatic rings. The third-order valence-electron chi connectivity index (χ3n) is 8.61. The average Bonchev–Trinajstić information content (AvgIpc) is 3.55. The van der Waals surface area contributed by atoms with E-state index >= 15 is 0 Å². The molecule has 0 spiro atoms. The van der Waals surface area contributed by atoms with E-state index in [2.05, 4.69) is 132 Å². The van der Waals surface area contributed by atoms with Gasteiger partial charge in [0.15, 0.2) is 0 Å². The van der Waals surface area contributed by atoms with Gasteiger partial charge in [0, 0.05) is 0 Å². The largest absolute Gasteiger partial charge is 1.00 e. The minimum absolute atomic E-state index is 0. The van der Waals surface area contributed by atoms with Crippen LogP contribution in [0, 0.1) is 0 Å². The predicted octanol–water partition coefficient (Wildman–Crippen LogP) is 5.03. The first-order valence-electron chi connectivity index (χ1n) is 15.8. The van der Waals surface area contributed by atoms with E-state index in [9.17, 15) is 0 Å². The molecule has 45 heavy (non-hydrogen) atoms. The summed E-state index contributed by atoms with van der Waals surface area (Å²) in [5.74, 6) is 2.09. The molecule has 0 bridgehead atoms. The van der Waals surface area contributed by atoms with Crippen molar-refractivity contribution in [1.82, 2.24) is 0 Å². The van der Waals surface area contributed by atoms with Crippen LogP contribution < -0.4 is 34.3 Å². The van der Waals surface area contributed by atoms with E-state index in [1.807, 2.05) is 14.2 Å². The topological polar surface area (TPSA) is 18.5 Å². The fourth-order valence-corrected chi connectivity index (χ4v) is 9.96. The fourth-order valence-electron chi connectivity index (χ4n) is 6.21. The van der Waals surface area contributed by atoms with Gasteiger partial charge in [-0.3, -0.25) is 0 Å². The summed E-state index contributed by atoms with van der Waals surface area (Å²) in [6.45, 7) is 27.6. The molecule has 5 heteroatoms. The van der Waals surface area contributed by atoms with Crippen LogP contribution in [0.4, 0.5) is 0 Å². The predicted molar refractivity (Wildman–Crippen MR) is 182 cm³/mol. The molecule has 4 rings (SSSR count). The van der Waals surface area contributed by atoms with Gasteiger partial charge in [-0.2, -0.15) is 0 Å². The van der Waals surface area contributed by atoms with E-state index in [1.165, 1.54) is 44.5 Å². The van der Waals surface area contributed by atoms with E-state index in [0.29, 0.717) is 0 Å². The molecule has 0 saturated heterocycles. The molecule has 0 atom stereocenters. The Kier molecular flexibility index (Phi) is 12.6. The summed E-state index contributed by atoms with van der Waals surface area (Å²) >= 11 is -1.03. The van der Waals surface area contributed by atoms with Crippen LogP contribution in [0.5, 0.6) is 11.5 Å². The van der Waals surface area contributed by atoms with E-state index in [-0.39, 0.29) is 46.5 Å². The van der Waals surface area contributed by atoms with Crippen molar-refractivity contribution in [3.8, 4) is 11.5 Å². The van der Waals surface area contributed by atoms with Crippen LogP contribution in [0.25, 0.3) is 11.1 Å².